The van der Waals surface area contributed by atoms with E-state index in [0.29, 0.717) is 6.04 Å². The number of halogens is 1. The van der Waals surface area contributed by atoms with E-state index < -0.39 is 0 Å². The van der Waals surface area contributed by atoms with E-state index in [2.05, 4.69) is 17.6 Å². The van der Waals surface area contributed by atoms with Crippen molar-refractivity contribution >= 4 is 23.0 Å². The van der Waals surface area contributed by atoms with Crippen LogP contribution < -0.4 is 10.6 Å². The van der Waals surface area contributed by atoms with Gasteiger partial charge in [-0.25, -0.2) is 0 Å². The van der Waals surface area contributed by atoms with Crippen LogP contribution in [0.25, 0.3) is 0 Å². The summed E-state index contributed by atoms with van der Waals surface area (Å²) in [6, 6.07) is 6.42. The number of nitrogens with one attached hydrogen (secondary N) is 2. The highest BCUT2D eigenvalue weighted by molar-refractivity contribution is 6.31. The number of anilines is 2. The maximum Gasteiger partial charge on any atom is 0.0591 e. The van der Waals surface area contributed by atoms with E-state index in [-0.39, 0.29) is 0 Å². The Morgan fingerprint density at radius 3 is 3.08 bits per heavy atom. The normalized spacial score (nSPS) is 20.0. The molecule has 0 radical (unpaired) electrons. The van der Waals surface area contributed by atoms with Crippen molar-refractivity contribution in [3.8, 4) is 0 Å². The lowest BCUT2D eigenvalue weighted by molar-refractivity contribution is 0.713. The van der Waals surface area contributed by atoms with Gasteiger partial charge >= 0.3 is 0 Å². The lowest BCUT2D eigenvalue weighted by Gasteiger charge is -2.27. The van der Waals surface area contributed by atoms with Gasteiger partial charge in [-0.2, -0.15) is 0 Å². The summed E-state index contributed by atoms with van der Waals surface area (Å²) in [4.78, 5) is 0. The summed E-state index contributed by atoms with van der Waals surface area (Å²) in [6.07, 6.45) is 1.13. The molecule has 0 saturated carbocycles. The van der Waals surface area contributed by atoms with E-state index in [1.165, 1.54) is 0 Å². The average molecular weight is 197 g/mol. The molecule has 0 aliphatic carbocycles. The first-order valence-electron chi connectivity index (χ1n) is 4.59. The van der Waals surface area contributed by atoms with Gasteiger partial charge in [-0.1, -0.05) is 18.5 Å². The third kappa shape index (κ3) is 1.73. The zero-order chi connectivity index (χ0) is 9.26. The fourth-order valence-corrected chi connectivity index (χ4v) is 1.71. The van der Waals surface area contributed by atoms with Crippen LogP contribution in [-0.4, -0.2) is 12.6 Å². The van der Waals surface area contributed by atoms with Crippen molar-refractivity contribution in [2.45, 2.75) is 19.4 Å². The summed E-state index contributed by atoms with van der Waals surface area (Å²) in [5.74, 6) is 0. The molecule has 1 heterocycles. The number of benzene rings is 1. The van der Waals surface area contributed by atoms with Gasteiger partial charge in [0.1, 0.15) is 0 Å². The molecule has 0 fully saturated rings. The van der Waals surface area contributed by atoms with Crippen LogP contribution in [-0.2, 0) is 0 Å². The monoisotopic (exact) mass is 196 g/mol. The van der Waals surface area contributed by atoms with E-state index in [0.717, 1.165) is 29.4 Å². The predicted octanol–water partition coefficient (Wildman–Crippen LogP) is 2.96. The first-order valence-corrected chi connectivity index (χ1v) is 4.97. The molecule has 2 N–H and O–H groups in total. The molecule has 0 bridgehead atoms. The Balaban J connectivity index is 2.26. The lowest BCUT2D eigenvalue weighted by Crippen LogP contribution is -2.32. The van der Waals surface area contributed by atoms with Crippen LogP contribution in [0, 0.1) is 0 Å². The second kappa shape index (κ2) is 3.46. The Labute approximate surface area is 83.3 Å². The van der Waals surface area contributed by atoms with E-state index >= 15 is 0 Å². The molecule has 1 aliphatic heterocycles. The zero-order valence-corrected chi connectivity index (χ0v) is 8.36. The Morgan fingerprint density at radius 1 is 1.46 bits per heavy atom. The second-order valence-electron chi connectivity index (χ2n) is 3.32. The standard InChI is InChI=1S/C10H13ClN2/c1-2-8-6-12-10-5-7(11)3-4-9(10)13-8/h3-5,8,12-13H,2,6H2,1H3. The maximum atomic E-state index is 5.88. The number of rotatable bonds is 1. The molecule has 0 spiro atoms. The van der Waals surface area contributed by atoms with Crippen LogP contribution in [0.3, 0.4) is 0 Å². The molecule has 1 unspecified atom stereocenters. The highest BCUT2D eigenvalue weighted by atomic mass is 35.5. The van der Waals surface area contributed by atoms with Crippen molar-refractivity contribution < 1.29 is 0 Å². The summed E-state index contributed by atoms with van der Waals surface area (Å²) >= 11 is 5.88. The first kappa shape index (κ1) is 8.70. The van der Waals surface area contributed by atoms with Crippen molar-refractivity contribution in [2.24, 2.45) is 0 Å². The Bertz CT molecular complexity index is 312. The van der Waals surface area contributed by atoms with Crippen molar-refractivity contribution in [1.82, 2.24) is 0 Å². The fraction of sp³-hybridized carbons (Fsp3) is 0.400. The molecule has 13 heavy (non-hydrogen) atoms. The van der Waals surface area contributed by atoms with Gasteiger partial charge in [0.2, 0.25) is 0 Å². The molecule has 0 aromatic heterocycles. The molecular formula is C10H13ClN2. The number of fused-ring (bicyclic) bond motifs is 1. The minimum absolute atomic E-state index is 0.536. The summed E-state index contributed by atoms with van der Waals surface area (Å²) in [6.45, 7) is 3.16. The van der Waals surface area contributed by atoms with E-state index in [9.17, 15) is 0 Å². The molecule has 1 aromatic rings. The fourth-order valence-electron chi connectivity index (χ4n) is 1.54. The van der Waals surface area contributed by atoms with E-state index in [4.69, 9.17) is 11.6 Å². The van der Waals surface area contributed by atoms with Gasteiger partial charge in [0.05, 0.1) is 11.4 Å². The van der Waals surface area contributed by atoms with E-state index in [1.807, 2.05) is 18.2 Å². The Kier molecular flexibility index (Phi) is 2.32. The summed E-state index contributed by atoms with van der Waals surface area (Å²) < 4.78 is 0. The predicted molar refractivity (Wildman–Crippen MR) is 57.6 cm³/mol. The molecular weight excluding hydrogens is 184 g/mol. The lowest BCUT2D eigenvalue weighted by atomic mass is 10.1. The van der Waals surface area contributed by atoms with Crippen LogP contribution >= 0.6 is 11.6 Å². The van der Waals surface area contributed by atoms with Crippen molar-refractivity contribution in [2.75, 3.05) is 17.2 Å². The summed E-state index contributed by atoms with van der Waals surface area (Å²) in [5, 5.41) is 7.59. The molecule has 70 valence electrons. The van der Waals surface area contributed by atoms with Gasteiger partial charge < -0.3 is 10.6 Å². The van der Waals surface area contributed by atoms with Gasteiger partial charge in [0.25, 0.3) is 0 Å². The average Bonchev–Trinajstić information content (AvgIpc) is 2.17. The molecule has 0 amide bonds. The maximum absolute atomic E-state index is 5.88. The molecule has 1 aromatic carbocycles. The van der Waals surface area contributed by atoms with Gasteiger partial charge in [0, 0.05) is 17.6 Å². The van der Waals surface area contributed by atoms with E-state index in [1.54, 1.807) is 0 Å². The quantitative estimate of drug-likeness (QED) is 0.722. The molecule has 1 aliphatic rings. The summed E-state index contributed by atoms with van der Waals surface area (Å²) in [5.41, 5.74) is 2.26. The SMILES string of the molecule is CCC1CNc2cc(Cl)ccc2N1. The molecule has 1 atom stereocenters. The van der Waals surface area contributed by atoms with Crippen molar-refractivity contribution in [1.29, 1.82) is 0 Å². The van der Waals surface area contributed by atoms with Gasteiger partial charge in [-0.05, 0) is 24.6 Å². The smallest absolute Gasteiger partial charge is 0.0591 e. The third-order valence-electron chi connectivity index (χ3n) is 2.37. The van der Waals surface area contributed by atoms with Gasteiger partial charge in [-0.15, -0.1) is 0 Å². The Morgan fingerprint density at radius 2 is 2.31 bits per heavy atom. The molecule has 2 rings (SSSR count). The molecule has 2 nitrogen and oxygen atoms in total. The first-order chi connectivity index (χ1) is 6.29. The van der Waals surface area contributed by atoms with Crippen LogP contribution in [0.15, 0.2) is 18.2 Å². The van der Waals surface area contributed by atoms with Crippen LogP contribution in [0.4, 0.5) is 11.4 Å². The van der Waals surface area contributed by atoms with Gasteiger partial charge in [0.15, 0.2) is 0 Å². The highest BCUT2D eigenvalue weighted by Gasteiger charge is 2.14. The third-order valence-corrected chi connectivity index (χ3v) is 2.61. The summed E-state index contributed by atoms with van der Waals surface area (Å²) in [7, 11) is 0. The minimum atomic E-state index is 0.536. The van der Waals surface area contributed by atoms with Gasteiger partial charge in [-0.3, -0.25) is 0 Å². The molecule has 0 saturated heterocycles. The van der Waals surface area contributed by atoms with Crippen LogP contribution in [0.5, 0.6) is 0 Å². The largest absolute Gasteiger partial charge is 0.381 e. The van der Waals surface area contributed by atoms with Crippen molar-refractivity contribution in [3.05, 3.63) is 23.2 Å². The van der Waals surface area contributed by atoms with Crippen molar-refractivity contribution in [3.63, 3.8) is 0 Å². The Hall–Kier alpha value is -0.890. The van der Waals surface area contributed by atoms with Crippen LogP contribution in [0.2, 0.25) is 5.02 Å². The number of hydrogen-bond donors (Lipinski definition) is 2. The zero-order valence-electron chi connectivity index (χ0n) is 7.60. The topological polar surface area (TPSA) is 24.1 Å². The second-order valence-corrected chi connectivity index (χ2v) is 3.76. The highest BCUT2D eigenvalue weighted by Crippen LogP contribution is 2.29. The van der Waals surface area contributed by atoms with Crippen LogP contribution in [0.1, 0.15) is 13.3 Å². The number of hydrogen-bond acceptors (Lipinski definition) is 2. The molecule has 3 heteroatoms. The minimum Gasteiger partial charge on any atom is -0.381 e.